The third-order valence-corrected chi connectivity index (χ3v) is 4.17. The van der Waals surface area contributed by atoms with Gasteiger partial charge in [-0.3, -0.25) is 19.3 Å². The highest BCUT2D eigenvalue weighted by Gasteiger charge is 2.18. The number of pyridine rings is 1. The molecule has 0 aliphatic heterocycles. The molecule has 0 aromatic carbocycles. The highest BCUT2D eigenvalue weighted by molar-refractivity contribution is 7.14. The monoisotopic (exact) mass is 344 g/mol. The van der Waals surface area contributed by atoms with E-state index >= 15 is 0 Å². The van der Waals surface area contributed by atoms with Gasteiger partial charge in [-0.2, -0.15) is 4.98 Å². The van der Waals surface area contributed by atoms with Gasteiger partial charge in [0.05, 0.1) is 11.8 Å². The van der Waals surface area contributed by atoms with E-state index in [2.05, 4.69) is 15.3 Å². The Bertz CT molecular complexity index is 985. The van der Waals surface area contributed by atoms with E-state index in [0.717, 1.165) is 11.8 Å². The van der Waals surface area contributed by atoms with Crippen LogP contribution in [-0.2, 0) is 5.41 Å². The van der Waals surface area contributed by atoms with Crippen LogP contribution in [0.1, 0.15) is 36.8 Å². The minimum absolute atomic E-state index is 0.0922. The first-order valence-electron chi connectivity index (χ1n) is 7.24. The van der Waals surface area contributed by atoms with Gasteiger partial charge in [-0.05, 0) is 12.1 Å². The third kappa shape index (κ3) is 3.13. The molecule has 3 heterocycles. The molecule has 0 aliphatic rings. The fourth-order valence-corrected chi connectivity index (χ4v) is 3.01. The Hall–Kier alpha value is -2.74. The molecular weight excluding hydrogens is 328 g/mol. The van der Waals surface area contributed by atoms with Crippen molar-refractivity contribution in [2.45, 2.75) is 26.2 Å². The van der Waals surface area contributed by atoms with E-state index in [0.29, 0.717) is 10.7 Å². The SMILES string of the molecule is CC(C)(C)c1csc(NC(=O)c2ccn3c(=O)cc(O)nc3c2)n1. The summed E-state index contributed by atoms with van der Waals surface area (Å²) in [5, 5.41) is 14.6. The van der Waals surface area contributed by atoms with Crippen LogP contribution in [0, 0.1) is 0 Å². The number of thiazole rings is 1. The van der Waals surface area contributed by atoms with Crippen molar-refractivity contribution in [1.29, 1.82) is 0 Å². The van der Waals surface area contributed by atoms with Crippen molar-refractivity contribution >= 4 is 28.0 Å². The number of carbonyl (C=O) groups is 1. The maximum absolute atomic E-state index is 12.4. The zero-order valence-corrected chi connectivity index (χ0v) is 14.2. The molecule has 0 spiro atoms. The predicted octanol–water partition coefficient (Wildman–Crippen LogP) is 2.41. The lowest BCUT2D eigenvalue weighted by Crippen LogP contribution is -2.17. The van der Waals surface area contributed by atoms with Crippen molar-refractivity contribution in [2.75, 3.05) is 5.32 Å². The Balaban J connectivity index is 1.89. The van der Waals surface area contributed by atoms with Gasteiger partial charge in [0.2, 0.25) is 5.88 Å². The lowest BCUT2D eigenvalue weighted by atomic mass is 9.93. The third-order valence-electron chi connectivity index (χ3n) is 3.41. The number of carbonyl (C=O) groups excluding carboxylic acids is 1. The van der Waals surface area contributed by atoms with Crippen molar-refractivity contribution in [3.05, 3.63) is 51.4 Å². The number of hydrogen-bond donors (Lipinski definition) is 2. The van der Waals surface area contributed by atoms with Crippen LogP contribution < -0.4 is 10.9 Å². The molecule has 3 aromatic rings. The Morgan fingerprint density at radius 2 is 2.04 bits per heavy atom. The van der Waals surface area contributed by atoms with Gasteiger partial charge in [-0.15, -0.1) is 11.3 Å². The quantitative estimate of drug-likeness (QED) is 0.744. The lowest BCUT2D eigenvalue weighted by Gasteiger charge is -2.14. The number of nitrogens with one attached hydrogen (secondary N) is 1. The predicted molar refractivity (Wildman–Crippen MR) is 91.9 cm³/mol. The fraction of sp³-hybridized carbons (Fsp3) is 0.250. The van der Waals surface area contributed by atoms with Crippen LogP contribution in [0.25, 0.3) is 5.65 Å². The van der Waals surface area contributed by atoms with Crippen molar-refractivity contribution in [3.63, 3.8) is 0 Å². The van der Waals surface area contributed by atoms with Crippen molar-refractivity contribution in [2.24, 2.45) is 0 Å². The molecule has 0 radical (unpaired) electrons. The van der Waals surface area contributed by atoms with Gasteiger partial charge in [0.1, 0.15) is 5.65 Å². The van der Waals surface area contributed by atoms with E-state index < -0.39 is 5.56 Å². The number of aromatic hydroxyl groups is 1. The minimum atomic E-state index is -0.417. The molecule has 0 unspecified atom stereocenters. The smallest absolute Gasteiger partial charge is 0.261 e. The fourth-order valence-electron chi connectivity index (χ4n) is 2.08. The second-order valence-electron chi connectivity index (χ2n) is 6.34. The molecule has 0 aliphatic carbocycles. The molecule has 2 N–H and O–H groups in total. The maximum atomic E-state index is 12.4. The van der Waals surface area contributed by atoms with E-state index in [4.69, 9.17) is 0 Å². The average molecular weight is 344 g/mol. The summed E-state index contributed by atoms with van der Waals surface area (Å²) < 4.78 is 1.25. The highest BCUT2D eigenvalue weighted by atomic mass is 32.1. The normalized spacial score (nSPS) is 11.6. The number of nitrogens with zero attached hydrogens (tertiary/aromatic N) is 3. The van der Waals surface area contributed by atoms with Crippen LogP contribution in [0.15, 0.2) is 34.6 Å². The summed E-state index contributed by atoms with van der Waals surface area (Å²) in [4.78, 5) is 32.3. The van der Waals surface area contributed by atoms with Gasteiger partial charge in [0, 0.05) is 22.6 Å². The molecule has 24 heavy (non-hydrogen) atoms. The second kappa shape index (κ2) is 5.72. The van der Waals surface area contributed by atoms with Crippen molar-refractivity contribution in [1.82, 2.24) is 14.4 Å². The van der Waals surface area contributed by atoms with Crippen LogP contribution >= 0.6 is 11.3 Å². The topological polar surface area (TPSA) is 96.6 Å². The van der Waals surface area contributed by atoms with E-state index in [-0.39, 0.29) is 22.8 Å². The maximum Gasteiger partial charge on any atom is 0.261 e. The molecule has 7 nitrogen and oxygen atoms in total. The van der Waals surface area contributed by atoms with Crippen LogP contribution in [0.2, 0.25) is 0 Å². The number of amides is 1. The first-order chi connectivity index (χ1) is 11.2. The minimum Gasteiger partial charge on any atom is -0.493 e. The average Bonchev–Trinajstić information content (AvgIpc) is 2.95. The molecular formula is C16H16N4O3S. The highest BCUT2D eigenvalue weighted by Crippen LogP contribution is 2.26. The van der Waals surface area contributed by atoms with E-state index in [1.807, 2.05) is 26.2 Å². The van der Waals surface area contributed by atoms with E-state index in [9.17, 15) is 14.7 Å². The Morgan fingerprint density at radius 3 is 2.71 bits per heavy atom. The van der Waals surface area contributed by atoms with E-state index in [1.54, 1.807) is 0 Å². The second-order valence-corrected chi connectivity index (χ2v) is 7.20. The van der Waals surface area contributed by atoms with Crippen molar-refractivity contribution < 1.29 is 9.90 Å². The largest absolute Gasteiger partial charge is 0.493 e. The molecule has 124 valence electrons. The van der Waals surface area contributed by atoms with Gasteiger partial charge < -0.3 is 5.11 Å². The van der Waals surface area contributed by atoms with Crippen LogP contribution in [0.3, 0.4) is 0 Å². The number of anilines is 1. The van der Waals surface area contributed by atoms with E-state index in [1.165, 1.54) is 34.1 Å². The molecule has 0 bridgehead atoms. The molecule has 3 rings (SSSR count). The Morgan fingerprint density at radius 1 is 1.29 bits per heavy atom. The number of hydrogen-bond acceptors (Lipinski definition) is 6. The van der Waals surface area contributed by atoms with Crippen LogP contribution in [-0.4, -0.2) is 25.4 Å². The zero-order valence-electron chi connectivity index (χ0n) is 13.4. The zero-order chi connectivity index (χ0) is 17.5. The first-order valence-corrected chi connectivity index (χ1v) is 8.12. The number of rotatable bonds is 2. The van der Waals surface area contributed by atoms with Crippen molar-refractivity contribution in [3.8, 4) is 5.88 Å². The number of fused-ring (bicyclic) bond motifs is 1. The summed E-state index contributed by atoms with van der Waals surface area (Å²) >= 11 is 1.35. The summed E-state index contributed by atoms with van der Waals surface area (Å²) in [6.45, 7) is 6.15. The Kier molecular flexibility index (Phi) is 3.84. The molecule has 8 heteroatoms. The summed E-state index contributed by atoms with van der Waals surface area (Å²) in [6.07, 6.45) is 1.45. The molecule has 1 amide bonds. The lowest BCUT2D eigenvalue weighted by molar-refractivity contribution is 0.102. The summed E-state index contributed by atoms with van der Waals surface area (Å²) in [5.41, 5.74) is 0.909. The number of aromatic nitrogens is 3. The standard InChI is InChI=1S/C16H16N4O3S/c1-16(2,3)10-8-24-15(17-10)19-14(23)9-4-5-20-11(6-9)18-12(21)7-13(20)22/h4-8,21H,1-3H3,(H,17,19,23). The van der Waals surface area contributed by atoms with Gasteiger partial charge in [-0.1, -0.05) is 20.8 Å². The molecule has 0 saturated carbocycles. The van der Waals surface area contributed by atoms with Gasteiger partial charge >= 0.3 is 0 Å². The molecule has 0 saturated heterocycles. The summed E-state index contributed by atoms with van der Waals surface area (Å²) in [6, 6.07) is 3.96. The van der Waals surface area contributed by atoms with Gasteiger partial charge in [0.25, 0.3) is 11.5 Å². The molecule has 0 fully saturated rings. The summed E-state index contributed by atoms with van der Waals surface area (Å²) in [5.74, 6) is -0.739. The molecule has 0 atom stereocenters. The summed E-state index contributed by atoms with van der Waals surface area (Å²) in [7, 11) is 0. The van der Waals surface area contributed by atoms with Gasteiger partial charge in [-0.25, -0.2) is 4.98 Å². The van der Waals surface area contributed by atoms with Crippen LogP contribution in [0.5, 0.6) is 5.88 Å². The Labute approximate surface area is 141 Å². The van der Waals surface area contributed by atoms with Crippen LogP contribution in [0.4, 0.5) is 5.13 Å². The molecule has 3 aromatic heterocycles. The van der Waals surface area contributed by atoms with Gasteiger partial charge in [0.15, 0.2) is 5.13 Å². The first kappa shape index (κ1) is 16.1.